The van der Waals surface area contributed by atoms with Gasteiger partial charge in [0.25, 0.3) is 5.91 Å². The van der Waals surface area contributed by atoms with Gasteiger partial charge in [0.1, 0.15) is 5.75 Å². The van der Waals surface area contributed by atoms with Crippen LogP contribution in [0.2, 0.25) is 0 Å². The fourth-order valence-electron chi connectivity index (χ4n) is 5.02. The summed E-state index contributed by atoms with van der Waals surface area (Å²) >= 11 is 0. The zero-order chi connectivity index (χ0) is 24.6. The highest BCUT2D eigenvalue weighted by atomic mass is 16.5. The fraction of sp³-hybridized carbons (Fsp3) is 0.241. The van der Waals surface area contributed by atoms with Gasteiger partial charge in [-0.3, -0.25) is 4.79 Å². The van der Waals surface area contributed by atoms with Crippen LogP contribution in [0.3, 0.4) is 0 Å². The lowest BCUT2D eigenvalue weighted by atomic mass is 9.96. The number of hydrogen-bond donors (Lipinski definition) is 0. The van der Waals surface area contributed by atoms with Crippen molar-refractivity contribution in [1.82, 2.24) is 20.0 Å². The van der Waals surface area contributed by atoms with Gasteiger partial charge in [0.15, 0.2) is 5.82 Å². The summed E-state index contributed by atoms with van der Waals surface area (Å²) in [4.78, 5) is 25.1. The molecule has 180 valence electrons. The smallest absolute Gasteiger partial charge is 0.254 e. The standard InChI is InChI=1S/C29H26N4O3/c1-18-30-28(36-32-18)22-6-5-13-33(17-22)29(34)25-16-27(31-26-8-4-3-7-24(25)26)21-10-9-20-15-23(35-2)12-11-19(20)14-21/h3-4,7-12,14-16,22H,5-6,13,17H2,1-2H3. The molecule has 5 aromatic rings. The van der Waals surface area contributed by atoms with Crippen molar-refractivity contribution >= 4 is 27.6 Å². The Labute approximate surface area is 208 Å². The number of aryl methyl sites for hydroxylation is 1. The molecule has 0 N–H and O–H groups in total. The molecule has 1 fully saturated rings. The van der Waals surface area contributed by atoms with Crippen LogP contribution >= 0.6 is 0 Å². The van der Waals surface area contributed by atoms with Crippen molar-refractivity contribution in [2.24, 2.45) is 0 Å². The molecule has 0 spiro atoms. The number of hydrogen-bond acceptors (Lipinski definition) is 6. The predicted molar refractivity (Wildman–Crippen MR) is 138 cm³/mol. The number of nitrogens with zero attached hydrogens (tertiary/aromatic N) is 4. The lowest BCUT2D eigenvalue weighted by molar-refractivity contribution is 0.0697. The lowest BCUT2D eigenvalue weighted by Gasteiger charge is -2.31. The van der Waals surface area contributed by atoms with Crippen molar-refractivity contribution in [3.63, 3.8) is 0 Å². The van der Waals surface area contributed by atoms with Crippen LogP contribution in [0.5, 0.6) is 5.75 Å². The van der Waals surface area contributed by atoms with Gasteiger partial charge in [0.05, 0.1) is 29.8 Å². The molecule has 1 aliphatic heterocycles. The van der Waals surface area contributed by atoms with Crippen molar-refractivity contribution in [2.45, 2.75) is 25.7 Å². The van der Waals surface area contributed by atoms with E-state index in [0.29, 0.717) is 30.4 Å². The number of benzene rings is 3. The number of rotatable bonds is 4. The van der Waals surface area contributed by atoms with E-state index in [1.165, 1.54) is 0 Å². The normalized spacial score (nSPS) is 15.9. The Hall–Kier alpha value is -4.26. The summed E-state index contributed by atoms with van der Waals surface area (Å²) in [6.07, 6.45) is 1.82. The van der Waals surface area contributed by atoms with Crippen LogP contribution in [-0.4, -0.2) is 46.1 Å². The average molecular weight is 479 g/mol. The van der Waals surface area contributed by atoms with Gasteiger partial charge < -0.3 is 14.2 Å². The third-order valence-electron chi connectivity index (χ3n) is 6.89. The molecule has 1 aliphatic rings. The number of pyridine rings is 1. The molecule has 7 heteroatoms. The van der Waals surface area contributed by atoms with E-state index in [1.807, 2.05) is 66.4 Å². The maximum atomic E-state index is 13.9. The van der Waals surface area contributed by atoms with Crippen LogP contribution in [0.4, 0.5) is 0 Å². The third-order valence-corrected chi connectivity index (χ3v) is 6.89. The second kappa shape index (κ2) is 9.07. The van der Waals surface area contributed by atoms with Crippen molar-refractivity contribution in [3.8, 4) is 17.0 Å². The average Bonchev–Trinajstić information content (AvgIpc) is 3.37. The van der Waals surface area contributed by atoms with E-state index in [0.717, 1.165) is 51.5 Å². The molecule has 1 atom stereocenters. The number of carbonyl (C=O) groups is 1. The predicted octanol–water partition coefficient (Wildman–Crippen LogP) is 5.77. The molecule has 6 rings (SSSR count). The quantitative estimate of drug-likeness (QED) is 0.326. The molecule has 0 aliphatic carbocycles. The van der Waals surface area contributed by atoms with Gasteiger partial charge in [-0.2, -0.15) is 4.98 Å². The highest BCUT2D eigenvalue weighted by molar-refractivity contribution is 6.07. The monoisotopic (exact) mass is 478 g/mol. The molecule has 1 saturated heterocycles. The minimum atomic E-state index is 0.00122. The maximum absolute atomic E-state index is 13.9. The summed E-state index contributed by atoms with van der Waals surface area (Å²) in [5, 5.41) is 6.96. The van der Waals surface area contributed by atoms with Crippen LogP contribution in [0.1, 0.15) is 40.8 Å². The molecule has 1 unspecified atom stereocenters. The molecular formula is C29H26N4O3. The molecule has 36 heavy (non-hydrogen) atoms. The summed E-state index contributed by atoms with van der Waals surface area (Å²) < 4.78 is 10.8. The first-order chi connectivity index (χ1) is 17.6. The first kappa shape index (κ1) is 22.2. The highest BCUT2D eigenvalue weighted by Crippen LogP contribution is 2.31. The molecule has 0 bridgehead atoms. The first-order valence-electron chi connectivity index (χ1n) is 12.2. The number of ether oxygens (including phenoxy) is 1. The summed E-state index contributed by atoms with van der Waals surface area (Å²) in [5.41, 5.74) is 3.20. The van der Waals surface area contributed by atoms with E-state index in [-0.39, 0.29) is 11.8 Å². The minimum absolute atomic E-state index is 0.00122. The zero-order valence-electron chi connectivity index (χ0n) is 20.3. The number of para-hydroxylation sites is 1. The minimum Gasteiger partial charge on any atom is -0.497 e. The van der Waals surface area contributed by atoms with Crippen LogP contribution in [-0.2, 0) is 0 Å². The summed E-state index contributed by atoms with van der Waals surface area (Å²) in [6.45, 7) is 3.07. The first-order valence-corrected chi connectivity index (χ1v) is 12.2. The molecule has 0 radical (unpaired) electrons. The Morgan fingerprint density at radius 2 is 1.86 bits per heavy atom. The van der Waals surface area contributed by atoms with Crippen LogP contribution < -0.4 is 4.74 Å². The summed E-state index contributed by atoms with van der Waals surface area (Å²) in [6, 6.07) is 22.0. The molecule has 1 amide bonds. The van der Waals surface area contributed by atoms with Crippen molar-refractivity contribution < 1.29 is 14.1 Å². The Morgan fingerprint density at radius 1 is 1.03 bits per heavy atom. The van der Waals surface area contributed by atoms with Gasteiger partial charge in [-0.25, -0.2) is 4.98 Å². The van der Waals surface area contributed by atoms with Gasteiger partial charge in [0, 0.05) is 24.0 Å². The van der Waals surface area contributed by atoms with Crippen LogP contribution in [0, 0.1) is 6.92 Å². The molecule has 0 saturated carbocycles. The largest absolute Gasteiger partial charge is 0.497 e. The van der Waals surface area contributed by atoms with Gasteiger partial charge in [-0.05, 0) is 60.9 Å². The molecule has 3 aromatic carbocycles. The summed E-state index contributed by atoms with van der Waals surface area (Å²) in [7, 11) is 1.67. The number of likely N-dealkylation sites (tertiary alicyclic amines) is 1. The third kappa shape index (κ3) is 4.06. The molecular weight excluding hydrogens is 452 g/mol. The molecule has 7 nitrogen and oxygen atoms in total. The Morgan fingerprint density at radius 3 is 2.69 bits per heavy atom. The van der Waals surface area contributed by atoms with Gasteiger partial charge in [0.2, 0.25) is 5.89 Å². The lowest BCUT2D eigenvalue weighted by Crippen LogP contribution is -2.39. The van der Waals surface area contributed by atoms with E-state index in [9.17, 15) is 4.79 Å². The summed E-state index contributed by atoms with van der Waals surface area (Å²) in [5.74, 6) is 2.10. The number of piperidine rings is 1. The topological polar surface area (TPSA) is 81.4 Å². The fourth-order valence-corrected chi connectivity index (χ4v) is 5.02. The maximum Gasteiger partial charge on any atom is 0.254 e. The highest BCUT2D eigenvalue weighted by Gasteiger charge is 2.30. The van der Waals surface area contributed by atoms with Crippen LogP contribution in [0.15, 0.2) is 71.3 Å². The SMILES string of the molecule is COc1ccc2cc(-c3cc(C(=O)N4CCCC(c5nc(C)no5)C4)c4ccccc4n3)ccc2c1. The van der Waals surface area contributed by atoms with E-state index in [2.05, 4.69) is 22.3 Å². The Balaban J connectivity index is 1.38. The van der Waals surface area contributed by atoms with Gasteiger partial charge >= 0.3 is 0 Å². The van der Waals surface area contributed by atoms with Crippen molar-refractivity contribution in [2.75, 3.05) is 20.2 Å². The van der Waals surface area contributed by atoms with Crippen molar-refractivity contribution in [1.29, 1.82) is 0 Å². The Bertz CT molecular complexity index is 1590. The van der Waals surface area contributed by atoms with E-state index in [1.54, 1.807) is 7.11 Å². The van der Waals surface area contributed by atoms with E-state index >= 15 is 0 Å². The van der Waals surface area contributed by atoms with E-state index < -0.39 is 0 Å². The van der Waals surface area contributed by atoms with Crippen molar-refractivity contribution in [3.05, 3.63) is 84.0 Å². The van der Waals surface area contributed by atoms with Gasteiger partial charge in [-0.1, -0.05) is 41.6 Å². The number of methoxy groups -OCH3 is 1. The zero-order valence-corrected chi connectivity index (χ0v) is 20.3. The number of aromatic nitrogens is 3. The Kier molecular flexibility index (Phi) is 5.60. The van der Waals surface area contributed by atoms with E-state index in [4.69, 9.17) is 14.2 Å². The second-order valence-electron chi connectivity index (χ2n) is 9.27. The second-order valence-corrected chi connectivity index (χ2v) is 9.27. The number of fused-ring (bicyclic) bond motifs is 2. The number of amides is 1. The van der Waals surface area contributed by atoms with Crippen LogP contribution in [0.25, 0.3) is 32.9 Å². The molecule has 3 heterocycles. The molecule has 2 aromatic heterocycles. The number of carbonyl (C=O) groups excluding carboxylic acids is 1. The van der Waals surface area contributed by atoms with Gasteiger partial charge in [-0.15, -0.1) is 0 Å².